The Bertz CT molecular complexity index is 973. The van der Waals surface area contributed by atoms with Crippen LogP contribution in [0.4, 0.5) is 13.2 Å². The van der Waals surface area contributed by atoms with Crippen LogP contribution >= 0.6 is 0 Å². The minimum atomic E-state index is -4.42. The van der Waals surface area contributed by atoms with Crippen molar-refractivity contribution in [2.24, 2.45) is 0 Å². The van der Waals surface area contributed by atoms with E-state index in [4.69, 9.17) is 9.47 Å². The lowest BCUT2D eigenvalue weighted by Crippen LogP contribution is -2.19. The summed E-state index contributed by atoms with van der Waals surface area (Å²) in [4.78, 5) is 19.5. The van der Waals surface area contributed by atoms with Crippen LogP contribution in [0.3, 0.4) is 0 Å². The minimum absolute atomic E-state index is 0.0456. The first-order valence-electron chi connectivity index (χ1n) is 8.05. The van der Waals surface area contributed by atoms with Gasteiger partial charge in [-0.2, -0.15) is 18.3 Å². The van der Waals surface area contributed by atoms with Crippen molar-refractivity contribution in [1.82, 2.24) is 19.7 Å². The van der Waals surface area contributed by atoms with Crippen LogP contribution in [0.2, 0.25) is 0 Å². The number of ether oxygens (including phenoxy) is 2. The van der Waals surface area contributed by atoms with Gasteiger partial charge in [-0.25, -0.2) is 0 Å². The maximum absolute atomic E-state index is 12.8. The summed E-state index contributed by atoms with van der Waals surface area (Å²) in [7, 11) is 1.40. The van der Waals surface area contributed by atoms with Crippen LogP contribution in [0, 0.1) is 0 Å². The van der Waals surface area contributed by atoms with E-state index in [9.17, 15) is 18.0 Å². The number of carbonyl (C=O) groups excluding carboxylic acids is 1. The molecular weight excluding hydrogens is 377 g/mol. The fourth-order valence-electron chi connectivity index (χ4n) is 2.60. The largest absolute Gasteiger partial charge is 0.494 e. The quantitative estimate of drug-likeness (QED) is 0.574. The number of rotatable bonds is 7. The second-order valence-corrected chi connectivity index (χ2v) is 5.66. The Hall–Kier alpha value is -3.43. The standard InChI is InChI=1S/C18H15F3N4O3/c1-27-15-7-22-8-16(13(15)9-26)28-10-12-3-2-5-23-17(12)14-4-6-24-25(14)11-18(19,20)21/h2-9H,10-11H2,1H3. The summed E-state index contributed by atoms with van der Waals surface area (Å²) >= 11 is 0. The van der Waals surface area contributed by atoms with Crippen molar-refractivity contribution >= 4 is 6.29 Å². The summed E-state index contributed by atoms with van der Waals surface area (Å²) in [6, 6.07) is 4.75. The molecule has 0 aromatic carbocycles. The van der Waals surface area contributed by atoms with Gasteiger partial charge in [0.25, 0.3) is 0 Å². The predicted octanol–water partition coefficient (Wildman–Crippen LogP) is 3.30. The van der Waals surface area contributed by atoms with Crippen molar-refractivity contribution in [3.05, 3.63) is 54.1 Å². The molecular formula is C18H15F3N4O3. The highest BCUT2D eigenvalue weighted by molar-refractivity contribution is 5.83. The van der Waals surface area contributed by atoms with E-state index in [-0.39, 0.29) is 29.4 Å². The molecule has 3 heterocycles. The van der Waals surface area contributed by atoms with Gasteiger partial charge >= 0.3 is 6.18 Å². The number of hydrogen-bond donors (Lipinski definition) is 0. The fourth-order valence-corrected chi connectivity index (χ4v) is 2.60. The van der Waals surface area contributed by atoms with Crippen LogP contribution in [-0.2, 0) is 13.2 Å². The Morgan fingerprint density at radius 2 is 1.96 bits per heavy atom. The highest BCUT2D eigenvalue weighted by Crippen LogP contribution is 2.28. The number of nitrogens with zero attached hydrogens (tertiary/aromatic N) is 4. The number of carbonyl (C=O) groups is 1. The molecule has 0 radical (unpaired) electrons. The average molecular weight is 392 g/mol. The third-order valence-electron chi connectivity index (χ3n) is 3.81. The molecule has 0 aliphatic heterocycles. The molecule has 3 aromatic rings. The molecule has 0 atom stereocenters. The van der Waals surface area contributed by atoms with Gasteiger partial charge in [-0.05, 0) is 12.1 Å². The van der Waals surface area contributed by atoms with Crippen LogP contribution in [0.15, 0.2) is 43.0 Å². The molecule has 28 heavy (non-hydrogen) atoms. The van der Waals surface area contributed by atoms with Gasteiger partial charge in [-0.15, -0.1) is 0 Å². The zero-order chi connectivity index (χ0) is 20.1. The molecule has 0 aliphatic carbocycles. The van der Waals surface area contributed by atoms with Gasteiger partial charge in [0.2, 0.25) is 0 Å². The molecule has 3 rings (SSSR count). The highest BCUT2D eigenvalue weighted by atomic mass is 19.4. The summed E-state index contributed by atoms with van der Waals surface area (Å²) in [5, 5.41) is 3.73. The van der Waals surface area contributed by atoms with Crippen molar-refractivity contribution < 1.29 is 27.4 Å². The van der Waals surface area contributed by atoms with Crippen LogP contribution in [-0.4, -0.2) is 39.3 Å². The lowest BCUT2D eigenvalue weighted by molar-refractivity contribution is -0.142. The number of aldehydes is 1. The Kier molecular flexibility index (Phi) is 5.57. The minimum Gasteiger partial charge on any atom is -0.494 e. The predicted molar refractivity (Wildman–Crippen MR) is 92.0 cm³/mol. The van der Waals surface area contributed by atoms with Crippen LogP contribution in [0.1, 0.15) is 15.9 Å². The number of methoxy groups -OCH3 is 1. The molecule has 10 heteroatoms. The molecule has 0 N–H and O–H groups in total. The summed E-state index contributed by atoms with van der Waals surface area (Å²) in [6.07, 6.45) is 1.64. The van der Waals surface area contributed by atoms with Crippen LogP contribution < -0.4 is 9.47 Å². The number of halogens is 3. The van der Waals surface area contributed by atoms with Crippen molar-refractivity contribution in [3.63, 3.8) is 0 Å². The van der Waals surface area contributed by atoms with E-state index in [0.29, 0.717) is 17.5 Å². The van der Waals surface area contributed by atoms with Crippen LogP contribution in [0.5, 0.6) is 11.5 Å². The Balaban J connectivity index is 1.89. The van der Waals surface area contributed by atoms with E-state index < -0.39 is 12.7 Å². The average Bonchev–Trinajstić information content (AvgIpc) is 3.12. The fraction of sp³-hybridized carbons (Fsp3) is 0.222. The molecule has 7 nitrogen and oxygen atoms in total. The topological polar surface area (TPSA) is 79.1 Å². The molecule has 0 aliphatic rings. The monoisotopic (exact) mass is 392 g/mol. The first-order chi connectivity index (χ1) is 13.4. The summed E-state index contributed by atoms with van der Waals surface area (Å²) in [5.74, 6) is 0.440. The first kappa shape index (κ1) is 19.3. The molecule has 146 valence electrons. The maximum atomic E-state index is 12.8. The maximum Gasteiger partial charge on any atom is 0.408 e. The second-order valence-electron chi connectivity index (χ2n) is 5.66. The number of hydrogen-bond acceptors (Lipinski definition) is 6. The molecule has 0 saturated carbocycles. The van der Waals surface area contributed by atoms with E-state index in [1.165, 1.54) is 38.0 Å². The first-order valence-corrected chi connectivity index (χ1v) is 8.05. The van der Waals surface area contributed by atoms with Gasteiger partial charge in [-0.1, -0.05) is 6.07 Å². The van der Waals surface area contributed by atoms with E-state index in [0.717, 1.165) is 4.68 Å². The van der Waals surface area contributed by atoms with Crippen molar-refractivity contribution in [3.8, 4) is 22.9 Å². The summed E-state index contributed by atoms with van der Waals surface area (Å²) in [6.45, 7) is -1.28. The van der Waals surface area contributed by atoms with Gasteiger partial charge in [0.15, 0.2) is 17.8 Å². The van der Waals surface area contributed by atoms with Gasteiger partial charge in [0.1, 0.15) is 18.7 Å². The van der Waals surface area contributed by atoms with E-state index in [1.807, 2.05) is 0 Å². The summed E-state index contributed by atoms with van der Waals surface area (Å²) in [5.41, 5.74) is 1.21. The lowest BCUT2D eigenvalue weighted by Gasteiger charge is -2.14. The van der Waals surface area contributed by atoms with Gasteiger partial charge in [0, 0.05) is 18.0 Å². The molecule has 0 bridgehead atoms. The lowest BCUT2D eigenvalue weighted by atomic mass is 10.1. The summed E-state index contributed by atoms with van der Waals surface area (Å²) < 4.78 is 49.9. The van der Waals surface area contributed by atoms with E-state index in [1.54, 1.807) is 12.1 Å². The van der Waals surface area contributed by atoms with Gasteiger partial charge < -0.3 is 9.47 Å². The number of pyridine rings is 2. The Morgan fingerprint density at radius 3 is 2.68 bits per heavy atom. The molecule has 0 amide bonds. The molecule has 0 unspecified atom stereocenters. The van der Waals surface area contributed by atoms with Crippen molar-refractivity contribution in [1.29, 1.82) is 0 Å². The molecule has 0 fully saturated rings. The second kappa shape index (κ2) is 8.07. The number of alkyl halides is 3. The third-order valence-corrected chi connectivity index (χ3v) is 3.81. The smallest absolute Gasteiger partial charge is 0.408 e. The SMILES string of the molecule is COc1cncc(OCc2cccnc2-c2ccnn2CC(F)(F)F)c1C=O. The Labute approximate surface area is 157 Å². The Morgan fingerprint density at radius 1 is 1.18 bits per heavy atom. The van der Waals surface area contributed by atoms with Gasteiger partial charge in [-0.3, -0.25) is 19.4 Å². The number of aromatic nitrogens is 4. The van der Waals surface area contributed by atoms with Crippen LogP contribution in [0.25, 0.3) is 11.4 Å². The van der Waals surface area contributed by atoms with Gasteiger partial charge in [0.05, 0.1) is 30.9 Å². The van der Waals surface area contributed by atoms with Crippen molar-refractivity contribution in [2.75, 3.05) is 7.11 Å². The highest BCUT2D eigenvalue weighted by Gasteiger charge is 2.30. The third kappa shape index (κ3) is 4.27. The molecule has 0 spiro atoms. The van der Waals surface area contributed by atoms with Crippen molar-refractivity contribution in [2.45, 2.75) is 19.3 Å². The normalized spacial score (nSPS) is 11.3. The van der Waals surface area contributed by atoms with E-state index >= 15 is 0 Å². The van der Waals surface area contributed by atoms with E-state index in [2.05, 4.69) is 15.1 Å². The zero-order valence-corrected chi connectivity index (χ0v) is 14.7. The molecule has 0 saturated heterocycles. The molecule has 3 aromatic heterocycles. The zero-order valence-electron chi connectivity index (χ0n) is 14.7.